The summed E-state index contributed by atoms with van der Waals surface area (Å²) < 4.78 is 7.68. The van der Waals surface area contributed by atoms with Crippen LogP contribution in [0.4, 0.5) is 0 Å². The Balaban J connectivity index is 1.62. The van der Waals surface area contributed by atoms with Gasteiger partial charge >= 0.3 is 0 Å². The van der Waals surface area contributed by atoms with Gasteiger partial charge in [-0.3, -0.25) is 4.57 Å². The van der Waals surface area contributed by atoms with Crippen LogP contribution in [0.5, 0.6) is 5.75 Å². The summed E-state index contributed by atoms with van der Waals surface area (Å²) in [4.78, 5) is 0. The van der Waals surface area contributed by atoms with E-state index in [0.717, 1.165) is 22.1 Å². The molecular weight excluding hydrogens is 432 g/mol. The van der Waals surface area contributed by atoms with Crippen LogP contribution in [0.3, 0.4) is 0 Å². The van der Waals surface area contributed by atoms with Crippen LogP contribution < -0.4 is 4.74 Å². The van der Waals surface area contributed by atoms with Gasteiger partial charge in [0.1, 0.15) is 12.4 Å². The summed E-state index contributed by atoms with van der Waals surface area (Å²) >= 11 is 1.44. The molecule has 1 atom stereocenters. The first-order valence-corrected chi connectivity index (χ1v) is 11.8. The maximum Gasteiger partial charge on any atom is 0.191 e. The number of hydrogen-bond donors (Lipinski definition) is 1. The number of nitrogens with zero attached hydrogens (tertiary/aromatic N) is 4. The quantitative estimate of drug-likeness (QED) is 0.336. The molecule has 7 heteroatoms. The molecule has 0 aliphatic rings. The lowest BCUT2D eigenvalue weighted by Gasteiger charge is -2.19. The molecule has 0 radical (unpaired) electrons. The standard InChI is InChI=1S/C26H30N4O2S/c1-5-16-30-24(20-8-10-21(11-9-20)26(2,3)4)28-29-25(30)33-18-22(31)17-32-23-12-6-19(7-13-23)14-15-27/h5-13,22,31H,1,14,16-18H2,2-4H3. The van der Waals surface area contributed by atoms with Crippen molar-refractivity contribution in [3.63, 3.8) is 0 Å². The number of thioether (sulfide) groups is 1. The van der Waals surface area contributed by atoms with Crippen LogP contribution in [0.1, 0.15) is 31.9 Å². The third-order valence-electron chi connectivity index (χ3n) is 5.09. The third kappa shape index (κ3) is 6.70. The summed E-state index contributed by atoms with van der Waals surface area (Å²) in [7, 11) is 0. The van der Waals surface area contributed by atoms with Gasteiger partial charge in [-0.15, -0.1) is 16.8 Å². The van der Waals surface area contributed by atoms with E-state index in [4.69, 9.17) is 10.00 Å². The number of allylic oxidation sites excluding steroid dienone is 1. The number of aliphatic hydroxyl groups is 1. The molecule has 2 aromatic carbocycles. The Morgan fingerprint density at radius 2 is 1.85 bits per heavy atom. The molecule has 3 aromatic rings. The lowest BCUT2D eigenvalue weighted by atomic mass is 9.87. The molecular formula is C26H30N4O2S. The lowest BCUT2D eigenvalue weighted by molar-refractivity contribution is 0.126. The van der Waals surface area contributed by atoms with Crippen LogP contribution in [0.2, 0.25) is 0 Å². The maximum atomic E-state index is 10.4. The van der Waals surface area contributed by atoms with E-state index >= 15 is 0 Å². The summed E-state index contributed by atoms with van der Waals surface area (Å²) in [5.41, 5.74) is 3.28. The minimum absolute atomic E-state index is 0.0885. The van der Waals surface area contributed by atoms with Gasteiger partial charge in [0.2, 0.25) is 0 Å². The Morgan fingerprint density at radius 1 is 1.15 bits per heavy atom. The molecule has 1 unspecified atom stereocenters. The van der Waals surface area contributed by atoms with Gasteiger partial charge in [0.05, 0.1) is 18.6 Å². The van der Waals surface area contributed by atoms with Crippen molar-refractivity contribution in [1.29, 1.82) is 5.26 Å². The number of benzene rings is 2. The minimum atomic E-state index is -0.669. The van der Waals surface area contributed by atoms with Gasteiger partial charge in [-0.25, -0.2) is 0 Å². The van der Waals surface area contributed by atoms with Crippen molar-refractivity contribution < 1.29 is 9.84 Å². The van der Waals surface area contributed by atoms with E-state index in [9.17, 15) is 5.11 Å². The second-order valence-electron chi connectivity index (χ2n) is 8.79. The van der Waals surface area contributed by atoms with Crippen molar-refractivity contribution in [2.75, 3.05) is 12.4 Å². The molecule has 0 amide bonds. The Hall–Kier alpha value is -3.08. The molecule has 1 aromatic heterocycles. The minimum Gasteiger partial charge on any atom is -0.491 e. The van der Waals surface area contributed by atoms with Crippen molar-refractivity contribution in [1.82, 2.24) is 14.8 Å². The highest BCUT2D eigenvalue weighted by molar-refractivity contribution is 7.99. The smallest absolute Gasteiger partial charge is 0.191 e. The highest BCUT2D eigenvalue weighted by Gasteiger charge is 2.17. The van der Waals surface area contributed by atoms with E-state index in [0.29, 0.717) is 24.5 Å². The zero-order valence-corrected chi connectivity index (χ0v) is 20.2. The summed E-state index contributed by atoms with van der Waals surface area (Å²) in [6, 6.07) is 17.8. The van der Waals surface area contributed by atoms with Gasteiger partial charge in [-0.05, 0) is 28.7 Å². The largest absolute Gasteiger partial charge is 0.491 e. The van der Waals surface area contributed by atoms with Gasteiger partial charge in [-0.2, -0.15) is 5.26 Å². The van der Waals surface area contributed by atoms with E-state index in [-0.39, 0.29) is 12.0 Å². The molecule has 1 N–H and O–H groups in total. The van der Waals surface area contributed by atoms with Crippen molar-refractivity contribution in [2.24, 2.45) is 0 Å². The summed E-state index contributed by atoms with van der Waals surface area (Å²) in [5, 5.41) is 28.6. The average molecular weight is 463 g/mol. The molecule has 1 heterocycles. The third-order valence-corrected chi connectivity index (χ3v) is 6.20. The molecule has 33 heavy (non-hydrogen) atoms. The molecule has 0 fully saturated rings. The van der Waals surface area contributed by atoms with E-state index < -0.39 is 6.10 Å². The lowest BCUT2D eigenvalue weighted by Crippen LogP contribution is -2.20. The monoisotopic (exact) mass is 462 g/mol. The first-order chi connectivity index (χ1) is 15.8. The predicted octanol–water partition coefficient (Wildman–Crippen LogP) is 5.03. The number of nitriles is 1. The van der Waals surface area contributed by atoms with E-state index in [1.807, 2.05) is 34.9 Å². The first kappa shape index (κ1) is 24.6. The first-order valence-electron chi connectivity index (χ1n) is 10.9. The normalized spacial score (nSPS) is 12.2. The molecule has 6 nitrogen and oxygen atoms in total. The van der Waals surface area contributed by atoms with Gasteiger partial charge in [0, 0.05) is 17.9 Å². The second-order valence-corrected chi connectivity index (χ2v) is 9.77. The molecule has 0 saturated carbocycles. The molecule has 0 saturated heterocycles. The van der Waals surface area contributed by atoms with Crippen LogP contribution in [-0.2, 0) is 18.4 Å². The molecule has 172 valence electrons. The van der Waals surface area contributed by atoms with Crippen molar-refractivity contribution in [3.8, 4) is 23.2 Å². The Labute approximate surface area is 199 Å². The Bertz CT molecular complexity index is 1090. The van der Waals surface area contributed by atoms with Crippen LogP contribution in [0.25, 0.3) is 11.4 Å². The number of aliphatic hydroxyl groups excluding tert-OH is 1. The molecule has 3 rings (SSSR count). The molecule has 0 spiro atoms. The topological polar surface area (TPSA) is 84.0 Å². The molecule has 0 bridgehead atoms. The fourth-order valence-electron chi connectivity index (χ4n) is 3.23. The van der Waals surface area contributed by atoms with Gasteiger partial charge in [0.25, 0.3) is 0 Å². The van der Waals surface area contributed by atoms with Gasteiger partial charge in [-0.1, -0.05) is 75.0 Å². The van der Waals surface area contributed by atoms with Crippen LogP contribution in [0, 0.1) is 11.3 Å². The molecule has 0 aliphatic heterocycles. The average Bonchev–Trinajstić information content (AvgIpc) is 3.20. The van der Waals surface area contributed by atoms with Crippen LogP contribution in [-0.4, -0.2) is 38.3 Å². The molecule has 0 aliphatic carbocycles. The van der Waals surface area contributed by atoms with E-state index in [1.54, 1.807) is 0 Å². The number of rotatable bonds is 10. The van der Waals surface area contributed by atoms with Crippen LogP contribution in [0.15, 0.2) is 66.3 Å². The predicted molar refractivity (Wildman–Crippen MR) is 132 cm³/mol. The highest BCUT2D eigenvalue weighted by Crippen LogP contribution is 2.28. The SMILES string of the molecule is C=CCn1c(SCC(O)COc2ccc(CC#N)cc2)nnc1-c1ccc(C(C)(C)C)cc1. The summed E-state index contributed by atoms with van der Waals surface area (Å²) in [5.74, 6) is 1.86. The fourth-order valence-corrected chi connectivity index (χ4v) is 4.08. The van der Waals surface area contributed by atoms with E-state index in [1.165, 1.54) is 17.3 Å². The van der Waals surface area contributed by atoms with Gasteiger partial charge < -0.3 is 9.84 Å². The Morgan fingerprint density at radius 3 is 2.45 bits per heavy atom. The zero-order chi connectivity index (χ0) is 23.8. The van der Waals surface area contributed by atoms with Crippen molar-refractivity contribution in [2.45, 2.75) is 50.4 Å². The number of aromatic nitrogens is 3. The van der Waals surface area contributed by atoms with Gasteiger partial charge in [0.15, 0.2) is 11.0 Å². The fraction of sp³-hybridized carbons (Fsp3) is 0.346. The summed E-state index contributed by atoms with van der Waals surface area (Å²) in [6.07, 6.45) is 1.51. The maximum absolute atomic E-state index is 10.4. The van der Waals surface area contributed by atoms with E-state index in [2.05, 4.69) is 67.9 Å². The highest BCUT2D eigenvalue weighted by atomic mass is 32.2. The van der Waals surface area contributed by atoms with Crippen molar-refractivity contribution in [3.05, 3.63) is 72.3 Å². The second kappa shape index (κ2) is 11.2. The van der Waals surface area contributed by atoms with Crippen molar-refractivity contribution >= 4 is 11.8 Å². The van der Waals surface area contributed by atoms with Crippen LogP contribution >= 0.6 is 11.8 Å². The Kier molecular flexibility index (Phi) is 8.32. The number of hydrogen-bond acceptors (Lipinski definition) is 6. The summed E-state index contributed by atoms with van der Waals surface area (Å²) in [6.45, 7) is 11.2. The number of ether oxygens (including phenoxy) is 1. The zero-order valence-electron chi connectivity index (χ0n) is 19.4.